The second-order valence-corrected chi connectivity index (χ2v) is 2.32. The van der Waals surface area contributed by atoms with E-state index in [0.717, 1.165) is 0 Å². The summed E-state index contributed by atoms with van der Waals surface area (Å²) in [7, 11) is 0. The molecule has 1 heterocycles. The first kappa shape index (κ1) is 9.38. The number of amides is 1. The number of nitrogens with one attached hydrogen (secondary N) is 1. The summed E-state index contributed by atoms with van der Waals surface area (Å²) in [5.74, 6) is -0.981. The SMILES string of the molecule is C/C=C/C(=O)Nc1ncccc1F. The van der Waals surface area contributed by atoms with Gasteiger partial charge in [0.25, 0.3) is 0 Å². The molecule has 1 aromatic heterocycles. The van der Waals surface area contributed by atoms with Gasteiger partial charge >= 0.3 is 0 Å². The van der Waals surface area contributed by atoms with Gasteiger partial charge in [0.1, 0.15) is 0 Å². The van der Waals surface area contributed by atoms with Crippen LogP contribution < -0.4 is 5.32 Å². The molecule has 1 N–H and O–H groups in total. The van der Waals surface area contributed by atoms with Gasteiger partial charge in [-0.05, 0) is 25.1 Å². The van der Waals surface area contributed by atoms with Crippen molar-refractivity contribution in [1.82, 2.24) is 4.98 Å². The molecule has 0 aromatic carbocycles. The zero-order chi connectivity index (χ0) is 9.68. The van der Waals surface area contributed by atoms with E-state index in [9.17, 15) is 9.18 Å². The zero-order valence-electron chi connectivity index (χ0n) is 7.12. The monoisotopic (exact) mass is 180 g/mol. The van der Waals surface area contributed by atoms with Crippen LogP contribution in [0.2, 0.25) is 0 Å². The number of pyridine rings is 1. The molecule has 0 fully saturated rings. The van der Waals surface area contributed by atoms with Gasteiger partial charge in [0.15, 0.2) is 11.6 Å². The van der Waals surface area contributed by atoms with Crippen LogP contribution in [0.4, 0.5) is 10.2 Å². The summed E-state index contributed by atoms with van der Waals surface area (Å²) >= 11 is 0. The number of carbonyl (C=O) groups is 1. The van der Waals surface area contributed by atoms with E-state index in [4.69, 9.17) is 0 Å². The molecule has 0 spiro atoms. The summed E-state index contributed by atoms with van der Waals surface area (Å²) in [5, 5.41) is 2.30. The first-order valence-corrected chi connectivity index (χ1v) is 3.78. The molecule has 0 saturated heterocycles. The summed E-state index contributed by atoms with van der Waals surface area (Å²) in [6.45, 7) is 1.70. The highest BCUT2D eigenvalue weighted by molar-refractivity contribution is 5.98. The third-order valence-electron chi connectivity index (χ3n) is 1.32. The fraction of sp³-hybridized carbons (Fsp3) is 0.111. The van der Waals surface area contributed by atoms with Gasteiger partial charge in [-0.1, -0.05) is 6.08 Å². The van der Waals surface area contributed by atoms with E-state index in [0.29, 0.717) is 0 Å². The number of hydrogen-bond acceptors (Lipinski definition) is 2. The van der Waals surface area contributed by atoms with Crippen molar-refractivity contribution in [3.63, 3.8) is 0 Å². The van der Waals surface area contributed by atoms with Gasteiger partial charge < -0.3 is 5.32 Å². The number of anilines is 1. The molecule has 0 aliphatic heterocycles. The van der Waals surface area contributed by atoms with Crippen molar-refractivity contribution >= 4 is 11.7 Å². The van der Waals surface area contributed by atoms with Gasteiger partial charge in [-0.2, -0.15) is 0 Å². The van der Waals surface area contributed by atoms with Gasteiger partial charge in [-0.15, -0.1) is 0 Å². The van der Waals surface area contributed by atoms with E-state index < -0.39 is 5.82 Å². The number of nitrogens with zero attached hydrogens (tertiary/aromatic N) is 1. The Kier molecular flexibility index (Phi) is 3.14. The van der Waals surface area contributed by atoms with Crippen LogP contribution in [-0.2, 0) is 4.79 Å². The number of aromatic nitrogens is 1. The second kappa shape index (κ2) is 4.35. The minimum absolute atomic E-state index is 0.0504. The molecule has 68 valence electrons. The molecular weight excluding hydrogens is 171 g/mol. The molecule has 13 heavy (non-hydrogen) atoms. The Hall–Kier alpha value is -1.71. The molecule has 0 aliphatic rings. The maximum atomic E-state index is 12.9. The lowest BCUT2D eigenvalue weighted by atomic mass is 10.4. The van der Waals surface area contributed by atoms with Crippen LogP contribution in [0, 0.1) is 5.82 Å². The first-order valence-electron chi connectivity index (χ1n) is 3.78. The minimum atomic E-state index is -0.541. The number of hydrogen-bond donors (Lipinski definition) is 1. The summed E-state index contributed by atoms with van der Waals surface area (Å²) in [5.41, 5.74) is 0. The van der Waals surface area contributed by atoms with Crippen molar-refractivity contribution in [1.29, 1.82) is 0 Å². The fourth-order valence-corrected chi connectivity index (χ4v) is 0.787. The van der Waals surface area contributed by atoms with Crippen LogP contribution in [0.25, 0.3) is 0 Å². The molecule has 0 saturated carbocycles. The van der Waals surface area contributed by atoms with E-state index >= 15 is 0 Å². The lowest BCUT2D eigenvalue weighted by Gasteiger charge is -2.00. The normalized spacial score (nSPS) is 10.3. The Bertz CT molecular complexity index is 336. The van der Waals surface area contributed by atoms with E-state index in [1.807, 2.05) is 0 Å². The van der Waals surface area contributed by atoms with Crippen LogP contribution in [-0.4, -0.2) is 10.9 Å². The first-order chi connectivity index (χ1) is 6.24. The molecular formula is C9H9FN2O. The van der Waals surface area contributed by atoms with Crippen molar-refractivity contribution in [3.8, 4) is 0 Å². The van der Waals surface area contributed by atoms with E-state index in [1.165, 1.54) is 24.4 Å². The Balaban J connectivity index is 2.74. The Morgan fingerprint density at radius 3 is 3.08 bits per heavy atom. The quantitative estimate of drug-likeness (QED) is 0.704. The average molecular weight is 180 g/mol. The van der Waals surface area contributed by atoms with Gasteiger partial charge in [0, 0.05) is 6.20 Å². The number of carbonyl (C=O) groups excluding carboxylic acids is 1. The predicted molar refractivity (Wildman–Crippen MR) is 47.6 cm³/mol. The lowest BCUT2D eigenvalue weighted by molar-refractivity contribution is -0.112. The molecule has 4 heteroatoms. The third-order valence-corrected chi connectivity index (χ3v) is 1.32. The lowest BCUT2D eigenvalue weighted by Crippen LogP contribution is -2.10. The maximum Gasteiger partial charge on any atom is 0.249 e. The van der Waals surface area contributed by atoms with Crippen LogP contribution in [0.5, 0.6) is 0 Å². The highest BCUT2D eigenvalue weighted by Crippen LogP contribution is 2.07. The molecule has 1 amide bonds. The highest BCUT2D eigenvalue weighted by Gasteiger charge is 2.03. The molecule has 0 radical (unpaired) electrons. The van der Waals surface area contributed by atoms with Gasteiger partial charge in [0.2, 0.25) is 5.91 Å². The number of halogens is 1. The third kappa shape index (κ3) is 2.66. The summed E-state index contributed by atoms with van der Waals surface area (Å²) in [6, 6.07) is 2.69. The van der Waals surface area contributed by atoms with E-state index in [2.05, 4.69) is 10.3 Å². The van der Waals surface area contributed by atoms with Crippen molar-refractivity contribution < 1.29 is 9.18 Å². The smallest absolute Gasteiger partial charge is 0.249 e. The predicted octanol–water partition coefficient (Wildman–Crippen LogP) is 1.74. The topological polar surface area (TPSA) is 42.0 Å². The molecule has 0 atom stereocenters. The molecule has 3 nitrogen and oxygen atoms in total. The molecule has 1 rings (SSSR count). The minimum Gasteiger partial charge on any atom is -0.305 e. The molecule has 0 aliphatic carbocycles. The standard InChI is InChI=1S/C9H9FN2O/c1-2-4-8(13)12-9-7(10)5-3-6-11-9/h2-6H,1H3,(H,11,12,13)/b4-2+. The van der Waals surface area contributed by atoms with Crippen molar-refractivity contribution in [3.05, 3.63) is 36.3 Å². The summed E-state index contributed by atoms with van der Waals surface area (Å²) in [4.78, 5) is 14.6. The number of rotatable bonds is 2. The van der Waals surface area contributed by atoms with E-state index in [1.54, 1.807) is 13.0 Å². The zero-order valence-corrected chi connectivity index (χ0v) is 7.12. The van der Waals surface area contributed by atoms with E-state index in [-0.39, 0.29) is 11.7 Å². The summed E-state index contributed by atoms with van der Waals surface area (Å²) in [6.07, 6.45) is 4.28. The molecule has 1 aromatic rings. The van der Waals surface area contributed by atoms with Crippen LogP contribution in [0.3, 0.4) is 0 Å². The molecule has 0 unspecified atom stereocenters. The van der Waals surface area contributed by atoms with Gasteiger partial charge in [-0.3, -0.25) is 4.79 Å². The maximum absolute atomic E-state index is 12.9. The largest absolute Gasteiger partial charge is 0.305 e. The van der Waals surface area contributed by atoms with Gasteiger partial charge in [-0.25, -0.2) is 9.37 Å². The van der Waals surface area contributed by atoms with Crippen LogP contribution in [0.1, 0.15) is 6.92 Å². The Labute approximate surface area is 75.3 Å². The van der Waals surface area contributed by atoms with Crippen molar-refractivity contribution in [2.24, 2.45) is 0 Å². The van der Waals surface area contributed by atoms with Crippen molar-refractivity contribution in [2.45, 2.75) is 6.92 Å². The Morgan fingerprint density at radius 1 is 1.69 bits per heavy atom. The van der Waals surface area contributed by atoms with Crippen LogP contribution in [0.15, 0.2) is 30.5 Å². The Morgan fingerprint density at radius 2 is 2.46 bits per heavy atom. The molecule has 0 bridgehead atoms. The van der Waals surface area contributed by atoms with Crippen molar-refractivity contribution in [2.75, 3.05) is 5.32 Å². The van der Waals surface area contributed by atoms with Gasteiger partial charge in [0.05, 0.1) is 0 Å². The fourth-order valence-electron chi connectivity index (χ4n) is 0.787. The summed E-state index contributed by atoms with van der Waals surface area (Å²) < 4.78 is 12.9. The number of allylic oxidation sites excluding steroid dienone is 1. The van der Waals surface area contributed by atoms with Crippen LogP contribution >= 0.6 is 0 Å². The highest BCUT2D eigenvalue weighted by atomic mass is 19.1. The second-order valence-electron chi connectivity index (χ2n) is 2.32. The average Bonchev–Trinajstić information content (AvgIpc) is 2.09.